The summed E-state index contributed by atoms with van der Waals surface area (Å²) in [6, 6.07) is 7.09. The molecule has 1 saturated heterocycles. The van der Waals surface area contributed by atoms with Crippen molar-refractivity contribution in [3.63, 3.8) is 0 Å². The molecule has 23 heavy (non-hydrogen) atoms. The fraction of sp³-hybridized carbons (Fsp3) is 0.556. The second-order valence-corrected chi connectivity index (χ2v) is 7.01. The zero-order chi connectivity index (χ0) is 17.2. The molecular formula is C18H27N3O2. The Hall–Kier alpha value is -1.88. The van der Waals surface area contributed by atoms with Gasteiger partial charge in [-0.1, -0.05) is 19.9 Å². The first-order chi connectivity index (χ1) is 10.8. The van der Waals surface area contributed by atoms with Crippen LogP contribution in [0.2, 0.25) is 0 Å². The van der Waals surface area contributed by atoms with Gasteiger partial charge in [0, 0.05) is 43.9 Å². The Morgan fingerprint density at radius 2 is 2.00 bits per heavy atom. The lowest BCUT2D eigenvalue weighted by Crippen LogP contribution is -2.54. The first-order valence-electron chi connectivity index (χ1n) is 8.16. The molecule has 1 aliphatic rings. The summed E-state index contributed by atoms with van der Waals surface area (Å²) in [4.78, 5) is 28.5. The van der Waals surface area contributed by atoms with Crippen LogP contribution in [0.3, 0.4) is 0 Å². The molecule has 1 aliphatic heterocycles. The topological polar surface area (TPSA) is 66.6 Å². The maximum Gasteiger partial charge on any atom is 0.253 e. The van der Waals surface area contributed by atoms with Gasteiger partial charge in [0.05, 0.1) is 0 Å². The Morgan fingerprint density at radius 3 is 2.61 bits per heavy atom. The largest absolute Gasteiger partial charge is 0.342 e. The molecule has 0 aliphatic carbocycles. The summed E-state index contributed by atoms with van der Waals surface area (Å²) >= 11 is 0. The van der Waals surface area contributed by atoms with Gasteiger partial charge in [-0.2, -0.15) is 0 Å². The number of hydrogen-bond acceptors (Lipinski definition) is 3. The lowest BCUT2D eigenvalue weighted by Gasteiger charge is -2.42. The quantitative estimate of drug-likeness (QED) is 0.927. The average molecular weight is 317 g/mol. The molecule has 2 N–H and O–H groups in total. The molecule has 1 aromatic carbocycles. The zero-order valence-corrected chi connectivity index (χ0v) is 14.5. The van der Waals surface area contributed by atoms with Crippen molar-refractivity contribution < 1.29 is 9.59 Å². The van der Waals surface area contributed by atoms with Crippen molar-refractivity contribution in [1.29, 1.82) is 0 Å². The van der Waals surface area contributed by atoms with E-state index in [4.69, 9.17) is 5.73 Å². The van der Waals surface area contributed by atoms with Crippen molar-refractivity contribution in [3.05, 3.63) is 35.4 Å². The molecule has 1 unspecified atom stereocenters. The third-order valence-electron chi connectivity index (χ3n) is 4.78. The van der Waals surface area contributed by atoms with Crippen LogP contribution in [0.5, 0.6) is 0 Å². The molecule has 2 amide bonds. The standard InChI is InChI=1S/C18H27N3O2/c1-5-20(4)16(22)13-7-6-8-14(11-13)17(23)21-10-9-15(19)18(2,3)12-21/h6-8,11,15H,5,9-10,12,19H2,1-4H3. The van der Waals surface area contributed by atoms with Gasteiger partial charge in [0.1, 0.15) is 0 Å². The highest BCUT2D eigenvalue weighted by Gasteiger charge is 2.35. The molecular weight excluding hydrogens is 290 g/mol. The number of nitrogens with zero attached hydrogens (tertiary/aromatic N) is 2. The molecule has 1 heterocycles. The number of benzene rings is 1. The van der Waals surface area contributed by atoms with Crippen LogP contribution in [0.25, 0.3) is 0 Å². The summed E-state index contributed by atoms with van der Waals surface area (Å²) in [6.07, 6.45) is 0.802. The second-order valence-electron chi connectivity index (χ2n) is 7.01. The Labute approximate surface area is 138 Å². The monoisotopic (exact) mass is 317 g/mol. The molecule has 1 atom stereocenters. The Bertz CT molecular complexity index is 598. The van der Waals surface area contributed by atoms with Gasteiger partial charge in [-0.15, -0.1) is 0 Å². The van der Waals surface area contributed by atoms with Crippen molar-refractivity contribution in [2.24, 2.45) is 11.1 Å². The van der Waals surface area contributed by atoms with Crippen LogP contribution in [0.1, 0.15) is 47.9 Å². The van der Waals surface area contributed by atoms with Crippen molar-refractivity contribution in [1.82, 2.24) is 9.80 Å². The smallest absolute Gasteiger partial charge is 0.253 e. The van der Waals surface area contributed by atoms with E-state index in [1.807, 2.05) is 11.8 Å². The Morgan fingerprint density at radius 1 is 1.35 bits per heavy atom. The summed E-state index contributed by atoms with van der Waals surface area (Å²) in [6.45, 7) is 8.04. The lowest BCUT2D eigenvalue weighted by molar-refractivity contribution is 0.0533. The summed E-state index contributed by atoms with van der Waals surface area (Å²) < 4.78 is 0. The van der Waals surface area contributed by atoms with Crippen LogP contribution >= 0.6 is 0 Å². The van der Waals surface area contributed by atoms with E-state index in [1.165, 1.54) is 0 Å². The van der Waals surface area contributed by atoms with Gasteiger partial charge in [0.25, 0.3) is 11.8 Å². The first-order valence-corrected chi connectivity index (χ1v) is 8.16. The van der Waals surface area contributed by atoms with Gasteiger partial charge < -0.3 is 15.5 Å². The summed E-state index contributed by atoms with van der Waals surface area (Å²) in [5.41, 5.74) is 7.16. The molecule has 5 nitrogen and oxygen atoms in total. The van der Waals surface area contributed by atoms with Crippen LogP contribution in [0.15, 0.2) is 24.3 Å². The SMILES string of the molecule is CCN(C)C(=O)c1cccc(C(=O)N2CCC(N)C(C)(C)C2)c1. The van der Waals surface area contributed by atoms with Crippen molar-refractivity contribution in [3.8, 4) is 0 Å². The molecule has 0 spiro atoms. The fourth-order valence-electron chi connectivity index (χ4n) is 2.88. The van der Waals surface area contributed by atoms with Crippen molar-refractivity contribution >= 4 is 11.8 Å². The summed E-state index contributed by atoms with van der Waals surface area (Å²) in [7, 11) is 1.76. The number of hydrogen-bond donors (Lipinski definition) is 1. The molecule has 1 fully saturated rings. The van der Waals surface area contributed by atoms with E-state index in [1.54, 1.807) is 36.2 Å². The van der Waals surface area contributed by atoms with Gasteiger partial charge in [-0.25, -0.2) is 0 Å². The maximum absolute atomic E-state index is 12.8. The Kier molecular flexibility index (Phi) is 5.09. The Balaban J connectivity index is 2.19. The highest BCUT2D eigenvalue weighted by atomic mass is 16.2. The maximum atomic E-state index is 12.8. The predicted molar refractivity (Wildman–Crippen MR) is 91.4 cm³/mol. The molecule has 126 valence electrons. The molecule has 0 radical (unpaired) electrons. The van der Waals surface area contributed by atoms with Crippen LogP contribution in [0.4, 0.5) is 0 Å². The zero-order valence-electron chi connectivity index (χ0n) is 14.5. The number of carbonyl (C=O) groups is 2. The molecule has 1 aromatic rings. The number of amides is 2. The molecule has 0 saturated carbocycles. The fourth-order valence-corrected chi connectivity index (χ4v) is 2.88. The van der Waals surface area contributed by atoms with Crippen molar-refractivity contribution in [2.75, 3.05) is 26.7 Å². The van der Waals surface area contributed by atoms with E-state index >= 15 is 0 Å². The van der Waals surface area contributed by atoms with Crippen molar-refractivity contribution in [2.45, 2.75) is 33.2 Å². The van der Waals surface area contributed by atoms with Gasteiger partial charge in [0.15, 0.2) is 0 Å². The minimum Gasteiger partial charge on any atom is -0.342 e. The number of rotatable bonds is 3. The average Bonchev–Trinajstić information content (AvgIpc) is 2.55. The van der Waals surface area contributed by atoms with E-state index in [-0.39, 0.29) is 23.3 Å². The van der Waals surface area contributed by atoms with Crippen LogP contribution in [-0.2, 0) is 0 Å². The summed E-state index contributed by atoms with van der Waals surface area (Å²) in [5, 5.41) is 0. The highest BCUT2D eigenvalue weighted by Crippen LogP contribution is 2.28. The van der Waals surface area contributed by atoms with Crippen LogP contribution in [-0.4, -0.2) is 54.3 Å². The molecule has 0 aromatic heterocycles. The highest BCUT2D eigenvalue weighted by molar-refractivity contribution is 5.99. The third kappa shape index (κ3) is 3.72. The number of carbonyl (C=O) groups excluding carboxylic acids is 2. The first kappa shape index (κ1) is 17.5. The van der Waals surface area contributed by atoms with E-state index in [0.717, 1.165) is 6.42 Å². The minimum absolute atomic E-state index is 0.0289. The predicted octanol–water partition coefficient (Wildman–Crippen LogP) is 1.98. The van der Waals surface area contributed by atoms with E-state index in [0.29, 0.717) is 30.8 Å². The molecule has 0 bridgehead atoms. The van der Waals surface area contributed by atoms with E-state index < -0.39 is 0 Å². The normalized spacial score (nSPS) is 20.2. The summed E-state index contributed by atoms with van der Waals surface area (Å²) in [5.74, 6) is -0.0954. The van der Waals surface area contributed by atoms with Crippen LogP contribution < -0.4 is 5.73 Å². The lowest BCUT2D eigenvalue weighted by atomic mass is 9.79. The number of piperidine rings is 1. The van der Waals surface area contributed by atoms with E-state index in [2.05, 4.69) is 13.8 Å². The van der Waals surface area contributed by atoms with Gasteiger partial charge in [0.2, 0.25) is 0 Å². The number of likely N-dealkylation sites (tertiary alicyclic amines) is 1. The van der Waals surface area contributed by atoms with Gasteiger partial charge in [-0.3, -0.25) is 9.59 Å². The minimum atomic E-state index is -0.0935. The van der Waals surface area contributed by atoms with Crippen LogP contribution in [0, 0.1) is 5.41 Å². The third-order valence-corrected chi connectivity index (χ3v) is 4.78. The van der Waals surface area contributed by atoms with Gasteiger partial charge in [-0.05, 0) is 37.0 Å². The molecule has 2 rings (SSSR count). The second kappa shape index (κ2) is 6.71. The molecule has 5 heteroatoms. The number of nitrogens with two attached hydrogens (primary N) is 1. The van der Waals surface area contributed by atoms with E-state index in [9.17, 15) is 9.59 Å². The van der Waals surface area contributed by atoms with Gasteiger partial charge >= 0.3 is 0 Å².